The number of hydrogen-bond acceptors (Lipinski definition) is 4. The first-order chi connectivity index (χ1) is 12.0. The lowest BCUT2D eigenvalue weighted by molar-refractivity contribution is 0.0963. The zero-order chi connectivity index (χ0) is 18.1. The molecule has 6 heteroatoms. The third kappa shape index (κ3) is 2.87. The van der Waals surface area contributed by atoms with Crippen molar-refractivity contribution in [3.8, 4) is 5.75 Å². The molecule has 0 saturated carbocycles. The summed E-state index contributed by atoms with van der Waals surface area (Å²) in [7, 11) is 1.58. The number of carbonyl (C=O) groups is 1. The number of carbonyl (C=O) groups excluding carboxylic acids is 1. The number of oxime groups is 1. The first-order valence-corrected chi connectivity index (χ1v) is 8.04. The van der Waals surface area contributed by atoms with Gasteiger partial charge in [0.1, 0.15) is 5.75 Å². The first-order valence-electron chi connectivity index (χ1n) is 7.66. The molecule has 5 nitrogen and oxygen atoms in total. The quantitative estimate of drug-likeness (QED) is 0.427. The third-order valence-corrected chi connectivity index (χ3v) is 4.47. The molecule has 0 bridgehead atoms. The van der Waals surface area contributed by atoms with Gasteiger partial charge in [-0.3, -0.25) is 9.36 Å². The molecule has 1 N–H and O–H groups in total. The van der Waals surface area contributed by atoms with Gasteiger partial charge >= 0.3 is 0 Å². The summed E-state index contributed by atoms with van der Waals surface area (Å²) in [5.74, 6) is 0.483. The van der Waals surface area contributed by atoms with Crippen LogP contribution in [0.4, 0.5) is 0 Å². The molecule has 0 radical (unpaired) electrons. The van der Waals surface area contributed by atoms with E-state index in [2.05, 4.69) is 5.16 Å². The van der Waals surface area contributed by atoms with E-state index < -0.39 is 0 Å². The van der Waals surface area contributed by atoms with E-state index in [0.717, 1.165) is 10.9 Å². The van der Waals surface area contributed by atoms with Crippen molar-refractivity contribution in [3.05, 3.63) is 64.3 Å². The maximum Gasteiger partial charge on any atom is 0.262 e. The maximum atomic E-state index is 13.1. The van der Waals surface area contributed by atoms with Crippen LogP contribution in [0.15, 0.2) is 47.6 Å². The summed E-state index contributed by atoms with van der Waals surface area (Å²) >= 11 is 5.91. The monoisotopic (exact) mass is 356 g/mol. The van der Waals surface area contributed by atoms with Crippen LogP contribution in [0.3, 0.4) is 0 Å². The van der Waals surface area contributed by atoms with Crippen LogP contribution in [0.2, 0.25) is 5.02 Å². The second kappa shape index (κ2) is 6.61. The second-order valence-corrected chi connectivity index (χ2v) is 6.11. The zero-order valence-corrected chi connectivity index (χ0v) is 14.8. The van der Waals surface area contributed by atoms with Crippen LogP contribution in [0.25, 0.3) is 10.9 Å². The van der Waals surface area contributed by atoms with Crippen LogP contribution < -0.4 is 4.74 Å². The molecule has 0 spiro atoms. The molecule has 3 rings (SSSR count). The van der Waals surface area contributed by atoms with E-state index in [1.54, 1.807) is 48.9 Å². The Morgan fingerprint density at radius 3 is 2.48 bits per heavy atom. The van der Waals surface area contributed by atoms with E-state index in [1.807, 2.05) is 19.1 Å². The zero-order valence-electron chi connectivity index (χ0n) is 14.1. The fourth-order valence-corrected chi connectivity index (χ4v) is 3.14. The van der Waals surface area contributed by atoms with Gasteiger partial charge in [-0.25, -0.2) is 0 Å². The summed E-state index contributed by atoms with van der Waals surface area (Å²) in [5, 5.41) is 13.9. The fourth-order valence-electron chi connectivity index (χ4n) is 3.01. The summed E-state index contributed by atoms with van der Waals surface area (Å²) < 4.78 is 6.90. The van der Waals surface area contributed by atoms with Gasteiger partial charge in [-0.1, -0.05) is 16.8 Å². The number of hydrogen-bond donors (Lipinski definition) is 1. The van der Waals surface area contributed by atoms with Crippen LogP contribution in [0, 0.1) is 6.92 Å². The van der Waals surface area contributed by atoms with Crippen LogP contribution in [-0.2, 0) is 0 Å². The second-order valence-electron chi connectivity index (χ2n) is 5.68. The summed E-state index contributed by atoms with van der Waals surface area (Å²) in [6, 6.07) is 12.2. The fraction of sp³-hybridized carbons (Fsp3) is 0.158. The number of halogens is 1. The Labute approximate surface area is 150 Å². The summed E-state index contributed by atoms with van der Waals surface area (Å²) in [6.45, 7) is 3.52. The highest BCUT2D eigenvalue weighted by molar-refractivity contribution is 6.30. The van der Waals surface area contributed by atoms with Gasteiger partial charge in [0, 0.05) is 27.2 Å². The molecule has 0 atom stereocenters. The highest BCUT2D eigenvalue weighted by atomic mass is 35.5. The summed E-state index contributed by atoms with van der Waals surface area (Å²) in [4.78, 5) is 13.1. The van der Waals surface area contributed by atoms with Gasteiger partial charge in [0.15, 0.2) is 0 Å². The summed E-state index contributed by atoms with van der Waals surface area (Å²) in [5.41, 5.74) is 3.07. The molecular weight excluding hydrogens is 340 g/mol. The number of benzene rings is 2. The van der Waals surface area contributed by atoms with Gasteiger partial charge in [0.25, 0.3) is 5.91 Å². The van der Waals surface area contributed by atoms with Crippen LogP contribution in [0.1, 0.15) is 28.5 Å². The van der Waals surface area contributed by atoms with Gasteiger partial charge < -0.3 is 9.94 Å². The van der Waals surface area contributed by atoms with Crippen molar-refractivity contribution in [3.63, 3.8) is 0 Å². The lowest BCUT2D eigenvalue weighted by Gasteiger charge is -2.08. The number of ether oxygens (including phenoxy) is 1. The van der Waals surface area contributed by atoms with Crippen molar-refractivity contribution in [2.24, 2.45) is 5.16 Å². The largest absolute Gasteiger partial charge is 0.497 e. The van der Waals surface area contributed by atoms with E-state index in [4.69, 9.17) is 16.3 Å². The minimum Gasteiger partial charge on any atom is -0.497 e. The molecule has 0 unspecified atom stereocenters. The maximum absolute atomic E-state index is 13.1. The van der Waals surface area contributed by atoms with Gasteiger partial charge in [-0.2, -0.15) is 0 Å². The Hall–Kier alpha value is -2.79. The van der Waals surface area contributed by atoms with Gasteiger partial charge in [-0.15, -0.1) is 0 Å². The Kier molecular flexibility index (Phi) is 4.51. The minimum atomic E-state index is -0.179. The van der Waals surface area contributed by atoms with Crippen LogP contribution in [-0.4, -0.2) is 28.5 Å². The first kappa shape index (κ1) is 17.0. The van der Waals surface area contributed by atoms with Crippen LogP contribution in [0.5, 0.6) is 5.75 Å². The molecule has 0 saturated heterocycles. The van der Waals surface area contributed by atoms with E-state index in [-0.39, 0.29) is 5.91 Å². The standard InChI is InChI=1S/C19H17ClN2O3/c1-11(21-24)18-12(2)22(17-9-8-15(25-3)10-16(17)18)19(23)13-4-6-14(20)7-5-13/h4-10,24H,1-3H3/b21-11+. The molecular formula is C19H17ClN2O3. The highest BCUT2D eigenvalue weighted by Gasteiger charge is 2.22. The van der Waals surface area contributed by atoms with Crippen molar-refractivity contribution in [2.45, 2.75) is 13.8 Å². The number of nitrogens with zero attached hydrogens (tertiary/aromatic N) is 2. The molecule has 1 aromatic heterocycles. The van der Waals surface area contributed by atoms with Crippen molar-refractivity contribution >= 4 is 34.1 Å². The predicted octanol–water partition coefficient (Wildman–Crippen LogP) is 4.50. The lowest BCUT2D eigenvalue weighted by atomic mass is 10.1. The van der Waals surface area contributed by atoms with Crippen molar-refractivity contribution < 1.29 is 14.7 Å². The Balaban J connectivity index is 2.29. The summed E-state index contributed by atoms with van der Waals surface area (Å²) in [6.07, 6.45) is 0. The Bertz CT molecular complexity index is 988. The topological polar surface area (TPSA) is 63.8 Å². The lowest BCUT2D eigenvalue weighted by Crippen LogP contribution is -2.14. The normalized spacial score (nSPS) is 11.8. The number of fused-ring (bicyclic) bond motifs is 1. The molecule has 25 heavy (non-hydrogen) atoms. The van der Waals surface area contributed by atoms with Gasteiger partial charge in [0.05, 0.1) is 18.3 Å². The Morgan fingerprint density at radius 1 is 1.20 bits per heavy atom. The minimum absolute atomic E-state index is 0.179. The van der Waals surface area contributed by atoms with Crippen molar-refractivity contribution in [1.29, 1.82) is 0 Å². The van der Waals surface area contributed by atoms with Crippen LogP contribution >= 0.6 is 11.6 Å². The smallest absolute Gasteiger partial charge is 0.262 e. The predicted molar refractivity (Wildman–Crippen MR) is 98.4 cm³/mol. The molecule has 0 aliphatic carbocycles. The molecule has 128 valence electrons. The van der Waals surface area contributed by atoms with E-state index >= 15 is 0 Å². The highest BCUT2D eigenvalue weighted by Crippen LogP contribution is 2.30. The molecule has 0 aliphatic heterocycles. The van der Waals surface area contributed by atoms with E-state index in [1.165, 1.54) is 0 Å². The molecule has 1 heterocycles. The molecule has 0 fully saturated rings. The molecule has 0 aliphatic rings. The van der Waals surface area contributed by atoms with Crippen molar-refractivity contribution in [2.75, 3.05) is 7.11 Å². The number of rotatable bonds is 3. The number of aromatic nitrogens is 1. The average molecular weight is 357 g/mol. The van der Waals surface area contributed by atoms with E-state index in [9.17, 15) is 10.0 Å². The van der Waals surface area contributed by atoms with Crippen molar-refractivity contribution in [1.82, 2.24) is 4.57 Å². The molecule has 2 aromatic carbocycles. The van der Waals surface area contributed by atoms with E-state index in [0.29, 0.717) is 33.3 Å². The molecule has 3 aromatic rings. The average Bonchev–Trinajstić information content (AvgIpc) is 2.92. The third-order valence-electron chi connectivity index (χ3n) is 4.22. The number of methoxy groups -OCH3 is 1. The Morgan fingerprint density at radius 2 is 1.88 bits per heavy atom. The van der Waals surface area contributed by atoms with Gasteiger partial charge in [0.2, 0.25) is 0 Å². The molecule has 0 amide bonds. The SMILES string of the molecule is COc1ccc2c(c1)c(/C(C)=N/O)c(C)n2C(=O)c1ccc(Cl)cc1. The van der Waals surface area contributed by atoms with Gasteiger partial charge in [-0.05, 0) is 56.3 Å².